The molecule has 0 bridgehead atoms. The number of aryl methyl sites for hydroxylation is 1. The summed E-state index contributed by atoms with van der Waals surface area (Å²) >= 11 is 1.35. The van der Waals surface area contributed by atoms with Crippen molar-refractivity contribution in [2.24, 2.45) is 0 Å². The third-order valence-corrected chi connectivity index (χ3v) is 4.83. The molecule has 2 heterocycles. The first-order valence-electron chi connectivity index (χ1n) is 7.39. The van der Waals surface area contributed by atoms with E-state index in [1.165, 1.54) is 23.5 Å². The molecule has 0 aliphatic carbocycles. The number of hydrogen-bond acceptors (Lipinski definition) is 4. The number of carbonyl (C=O) groups excluding carboxylic acids is 1. The second-order valence-electron chi connectivity index (χ2n) is 5.44. The van der Waals surface area contributed by atoms with Crippen LogP contribution in [0.5, 0.6) is 0 Å². The molecule has 1 amide bonds. The molecular formula is C17H15FN4OS. The zero-order valence-corrected chi connectivity index (χ0v) is 14.1. The van der Waals surface area contributed by atoms with Crippen LogP contribution in [0.15, 0.2) is 30.3 Å². The van der Waals surface area contributed by atoms with Crippen LogP contribution in [0.3, 0.4) is 0 Å². The van der Waals surface area contributed by atoms with Crippen LogP contribution in [0.2, 0.25) is 0 Å². The summed E-state index contributed by atoms with van der Waals surface area (Å²) in [4.78, 5) is 15.5. The minimum atomic E-state index is -0.306. The van der Waals surface area contributed by atoms with Crippen LogP contribution >= 0.6 is 11.3 Å². The summed E-state index contributed by atoms with van der Waals surface area (Å²) < 4.78 is 14.8. The van der Waals surface area contributed by atoms with Crippen molar-refractivity contribution in [3.8, 4) is 11.8 Å². The lowest BCUT2D eigenvalue weighted by atomic mass is 10.3. The van der Waals surface area contributed by atoms with E-state index in [0.29, 0.717) is 17.8 Å². The average molecular weight is 342 g/mol. The number of halogens is 1. The molecular weight excluding hydrogens is 327 g/mol. The summed E-state index contributed by atoms with van der Waals surface area (Å²) in [5.74, 6) is -0.420. The Hall–Kier alpha value is -2.72. The van der Waals surface area contributed by atoms with E-state index >= 15 is 0 Å². The summed E-state index contributed by atoms with van der Waals surface area (Å²) in [6.07, 6.45) is 0.301. The monoisotopic (exact) mass is 342 g/mol. The van der Waals surface area contributed by atoms with Crippen molar-refractivity contribution < 1.29 is 9.18 Å². The fraction of sp³-hybridized carbons (Fsp3) is 0.235. The number of thiophene rings is 1. The number of fused-ring (bicyclic) bond motifs is 1. The van der Waals surface area contributed by atoms with Crippen molar-refractivity contribution in [3.05, 3.63) is 46.7 Å². The van der Waals surface area contributed by atoms with Crippen molar-refractivity contribution in [1.82, 2.24) is 14.7 Å². The number of rotatable bonds is 4. The summed E-state index contributed by atoms with van der Waals surface area (Å²) in [5.41, 5.74) is 1.55. The van der Waals surface area contributed by atoms with Crippen molar-refractivity contribution >= 4 is 27.5 Å². The third kappa shape index (κ3) is 2.88. The second kappa shape index (κ2) is 6.42. The number of carbonyl (C=O) groups is 1. The molecule has 0 fully saturated rings. The topological polar surface area (TPSA) is 61.9 Å². The second-order valence-corrected chi connectivity index (χ2v) is 6.47. The first-order valence-corrected chi connectivity index (χ1v) is 8.20. The summed E-state index contributed by atoms with van der Waals surface area (Å²) in [7, 11) is 1.68. The Morgan fingerprint density at radius 3 is 2.79 bits per heavy atom. The highest BCUT2D eigenvalue weighted by atomic mass is 32.1. The Bertz CT molecular complexity index is 936. The molecule has 2 aromatic heterocycles. The number of amides is 1. The number of nitriles is 1. The summed E-state index contributed by atoms with van der Waals surface area (Å²) in [5, 5.41) is 14.0. The molecule has 7 heteroatoms. The molecule has 0 saturated carbocycles. The number of benzene rings is 1. The van der Waals surface area contributed by atoms with Crippen LogP contribution in [0.4, 0.5) is 4.39 Å². The molecule has 3 aromatic rings. The SMILES string of the molecule is Cc1nn(-c2ccc(F)cc2)c2sc(C(=O)N(C)CCC#N)cc12. The van der Waals surface area contributed by atoms with E-state index in [-0.39, 0.29) is 11.7 Å². The van der Waals surface area contributed by atoms with Crippen LogP contribution in [-0.2, 0) is 0 Å². The van der Waals surface area contributed by atoms with Crippen LogP contribution in [0.25, 0.3) is 15.9 Å². The first kappa shape index (κ1) is 16.1. The average Bonchev–Trinajstić information content (AvgIpc) is 3.13. The van der Waals surface area contributed by atoms with Crippen LogP contribution in [-0.4, -0.2) is 34.2 Å². The molecule has 0 aliphatic rings. The van der Waals surface area contributed by atoms with Crippen LogP contribution in [0.1, 0.15) is 21.8 Å². The standard InChI is InChI=1S/C17H15FN4OS/c1-11-14-10-15(16(23)21(2)9-3-8-19)24-17(14)22(20-11)13-6-4-12(18)5-7-13/h4-7,10H,3,9H2,1-2H3. The fourth-order valence-corrected chi connectivity index (χ4v) is 3.59. The van der Waals surface area contributed by atoms with Gasteiger partial charge in [-0.15, -0.1) is 11.3 Å². The van der Waals surface area contributed by atoms with E-state index in [9.17, 15) is 9.18 Å². The largest absolute Gasteiger partial charge is 0.340 e. The molecule has 1 aromatic carbocycles. The first-order chi connectivity index (χ1) is 11.5. The van der Waals surface area contributed by atoms with E-state index in [2.05, 4.69) is 5.10 Å². The van der Waals surface area contributed by atoms with Gasteiger partial charge in [0.2, 0.25) is 0 Å². The highest BCUT2D eigenvalue weighted by molar-refractivity contribution is 7.20. The zero-order chi connectivity index (χ0) is 17.3. The Kier molecular flexibility index (Phi) is 4.32. The lowest BCUT2D eigenvalue weighted by molar-refractivity contribution is 0.0803. The summed E-state index contributed by atoms with van der Waals surface area (Å²) in [6, 6.07) is 9.94. The van der Waals surface area contributed by atoms with Crippen LogP contribution < -0.4 is 0 Å². The molecule has 24 heavy (non-hydrogen) atoms. The van der Waals surface area contributed by atoms with Gasteiger partial charge in [0.15, 0.2) is 0 Å². The van der Waals surface area contributed by atoms with Gasteiger partial charge in [-0.05, 0) is 37.3 Å². The highest BCUT2D eigenvalue weighted by Gasteiger charge is 2.19. The van der Waals surface area contributed by atoms with E-state index in [1.807, 2.05) is 19.1 Å². The van der Waals surface area contributed by atoms with Gasteiger partial charge >= 0.3 is 0 Å². The van der Waals surface area contributed by atoms with E-state index < -0.39 is 0 Å². The van der Waals surface area contributed by atoms with E-state index in [1.54, 1.807) is 28.8 Å². The van der Waals surface area contributed by atoms with Crippen molar-refractivity contribution in [2.45, 2.75) is 13.3 Å². The maximum Gasteiger partial charge on any atom is 0.263 e. The maximum atomic E-state index is 13.1. The van der Waals surface area contributed by atoms with Gasteiger partial charge in [0.05, 0.1) is 28.7 Å². The van der Waals surface area contributed by atoms with E-state index in [0.717, 1.165) is 21.6 Å². The number of nitrogens with zero attached hydrogens (tertiary/aromatic N) is 4. The molecule has 0 unspecified atom stereocenters. The molecule has 0 radical (unpaired) electrons. The lowest BCUT2D eigenvalue weighted by Crippen LogP contribution is -2.26. The number of aromatic nitrogens is 2. The Labute approximate surface area is 142 Å². The third-order valence-electron chi connectivity index (χ3n) is 3.73. The van der Waals surface area contributed by atoms with Crippen molar-refractivity contribution in [1.29, 1.82) is 5.26 Å². The van der Waals surface area contributed by atoms with Gasteiger partial charge in [0, 0.05) is 19.0 Å². The Balaban J connectivity index is 2.00. The van der Waals surface area contributed by atoms with Gasteiger partial charge < -0.3 is 4.90 Å². The summed E-state index contributed by atoms with van der Waals surface area (Å²) in [6.45, 7) is 2.27. The zero-order valence-electron chi connectivity index (χ0n) is 13.3. The number of hydrogen-bond donors (Lipinski definition) is 0. The minimum absolute atomic E-state index is 0.114. The molecule has 0 spiro atoms. The molecule has 3 rings (SSSR count). The molecule has 0 aliphatic heterocycles. The lowest BCUT2D eigenvalue weighted by Gasteiger charge is -2.13. The highest BCUT2D eigenvalue weighted by Crippen LogP contribution is 2.31. The Morgan fingerprint density at radius 2 is 2.12 bits per heavy atom. The predicted molar refractivity (Wildman–Crippen MR) is 90.8 cm³/mol. The quantitative estimate of drug-likeness (QED) is 0.729. The molecule has 122 valence electrons. The normalized spacial score (nSPS) is 10.8. The minimum Gasteiger partial charge on any atom is -0.340 e. The molecule has 0 saturated heterocycles. The molecule has 5 nitrogen and oxygen atoms in total. The smallest absolute Gasteiger partial charge is 0.263 e. The van der Waals surface area contributed by atoms with Gasteiger partial charge in [-0.2, -0.15) is 10.4 Å². The van der Waals surface area contributed by atoms with Crippen molar-refractivity contribution in [3.63, 3.8) is 0 Å². The van der Waals surface area contributed by atoms with Crippen LogP contribution in [0, 0.1) is 24.1 Å². The van der Waals surface area contributed by atoms with Gasteiger partial charge in [-0.1, -0.05) is 0 Å². The molecule has 0 atom stereocenters. The molecule has 0 N–H and O–H groups in total. The van der Waals surface area contributed by atoms with Gasteiger partial charge in [-0.25, -0.2) is 9.07 Å². The Morgan fingerprint density at radius 1 is 1.42 bits per heavy atom. The maximum absolute atomic E-state index is 13.1. The predicted octanol–water partition coefficient (Wildman–Crippen LogP) is 3.52. The van der Waals surface area contributed by atoms with Gasteiger partial charge in [0.1, 0.15) is 10.6 Å². The van der Waals surface area contributed by atoms with Gasteiger partial charge in [0.25, 0.3) is 5.91 Å². The van der Waals surface area contributed by atoms with Gasteiger partial charge in [-0.3, -0.25) is 4.79 Å². The van der Waals surface area contributed by atoms with Crippen molar-refractivity contribution in [2.75, 3.05) is 13.6 Å². The van der Waals surface area contributed by atoms with E-state index in [4.69, 9.17) is 5.26 Å². The fourth-order valence-electron chi connectivity index (χ4n) is 2.42.